The van der Waals surface area contributed by atoms with Gasteiger partial charge in [-0.15, -0.1) is 24.0 Å². The smallest absolute Gasteiger partial charge is 0.191 e. The molecule has 126 valence electrons. The molecule has 0 aromatic heterocycles. The molecule has 0 bridgehead atoms. The van der Waals surface area contributed by atoms with E-state index in [0.29, 0.717) is 0 Å². The van der Waals surface area contributed by atoms with Gasteiger partial charge in [0.05, 0.1) is 0 Å². The van der Waals surface area contributed by atoms with Gasteiger partial charge in [0.25, 0.3) is 0 Å². The van der Waals surface area contributed by atoms with Crippen molar-refractivity contribution in [2.45, 2.75) is 65.5 Å². The molecule has 1 unspecified atom stereocenters. The van der Waals surface area contributed by atoms with Crippen LogP contribution in [0.2, 0.25) is 0 Å². The molecule has 4 nitrogen and oxygen atoms in total. The lowest BCUT2D eigenvalue weighted by molar-refractivity contribution is 0.0739. The number of likely N-dealkylation sites (tertiary alicyclic amines) is 1. The van der Waals surface area contributed by atoms with Crippen LogP contribution >= 0.6 is 24.0 Å². The van der Waals surface area contributed by atoms with E-state index in [1.807, 2.05) is 7.05 Å². The Hall–Kier alpha value is -0.0400. The van der Waals surface area contributed by atoms with E-state index in [-0.39, 0.29) is 35.1 Å². The first-order valence-electron chi connectivity index (χ1n) is 7.88. The minimum absolute atomic E-state index is 0. The standard InChI is InChI=1S/C16H34N4.HI/c1-13-9-8-10-20(11-13)16(5,6)12-18-14(17-7)19-15(2,3)4;/h13H,8-12H2,1-7H3,(H2,17,18,19);1H. The highest BCUT2D eigenvalue weighted by Gasteiger charge is 2.30. The van der Waals surface area contributed by atoms with E-state index in [9.17, 15) is 0 Å². The Balaban J connectivity index is 0.00000400. The van der Waals surface area contributed by atoms with Gasteiger partial charge in [-0.2, -0.15) is 0 Å². The fraction of sp³-hybridized carbons (Fsp3) is 0.938. The molecule has 1 heterocycles. The van der Waals surface area contributed by atoms with Crippen molar-refractivity contribution in [1.82, 2.24) is 15.5 Å². The second-order valence-corrected chi connectivity index (χ2v) is 7.81. The van der Waals surface area contributed by atoms with Crippen LogP contribution in [-0.2, 0) is 0 Å². The number of aliphatic imine (C=N–C) groups is 1. The predicted octanol–water partition coefficient (Wildman–Crippen LogP) is 3.08. The third-order valence-electron chi connectivity index (χ3n) is 3.92. The molecule has 21 heavy (non-hydrogen) atoms. The number of hydrogen-bond donors (Lipinski definition) is 2. The summed E-state index contributed by atoms with van der Waals surface area (Å²) in [6, 6.07) is 0. The molecule has 1 aliphatic heterocycles. The molecule has 0 aromatic rings. The molecule has 0 radical (unpaired) electrons. The van der Waals surface area contributed by atoms with Crippen LogP contribution in [0, 0.1) is 5.92 Å². The van der Waals surface area contributed by atoms with Crippen molar-refractivity contribution < 1.29 is 0 Å². The van der Waals surface area contributed by atoms with Crippen molar-refractivity contribution in [2.75, 3.05) is 26.7 Å². The molecular weight excluding hydrogens is 375 g/mol. The Morgan fingerprint density at radius 1 is 1.24 bits per heavy atom. The number of nitrogens with zero attached hydrogens (tertiary/aromatic N) is 2. The van der Waals surface area contributed by atoms with E-state index >= 15 is 0 Å². The number of hydrogen-bond acceptors (Lipinski definition) is 2. The molecular formula is C16H35IN4. The van der Waals surface area contributed by atoms with Gasteiger partial charge in [-0.25, -0.2) is 0 Å². The summed E-state index contributed by atoms with van der Waals surface area (Å²) in [5, 5.41) is 6.89. The number of piperidine rings is 1. The lowest BCUT2D eigenvalue weighted by Gasteiger charge is -2.43. The number of halogens is 1. The highest BCUT2D eigenvalue weighted by atomic mass is 127. The first-order chi connectivity index (χ1) is 9.14. The van der Waals surface area contributed by atoms with Crippen LogP contribution < -0.4 is 10.6 Å². The van der Waals surface area contributed by atoms with Crippen molar-refractivity contribution in [1.29, 1.82) is 0 Å². The normalized spacial score (nSPS) is 21.7. The molecule has 1 fully saturated rings. The third-order valence-corrected chi connectivity index (χ3v) is 3.92. The van der Waals surface area contributed by atoms with Crippen LogP contribution in [0.25, 0.3) is 0 Å². The Morgan fingerprint density at radius 2 is 1.86 bits per heavy atom. The molecule has 0 amide bonds. The summed E-state index contributed by atoms with van der Waals surface area (Å²) in [5.74, 6) is 1.70. The van der Waals surface area contributed by atoms with E-state index < -0.39 is 0 Å². The van der Waals surface area contributed by atoms with E-state index in [0.717, 1.165) is 18.4 Å². The van der Waals surface area contributed by atoms with Crippen LogP contribution in [0.5, 0.6) is 0 Å². The maximum absolute atomic E-state index is 4.31. The first-order valence-corrected chi connectivity index (χ1v) is 7.88. The molecule has 1 aliphatic rings. The van der Waals surface area contributed by atoms with Gasteiger partial charge < -0.3 is 10.6 Å². The van der Waals surface area contributed by atoms with Gasteiger partial charge in [0.1, 0.15) is 0 Å². The van der Waals surface area contributed by atoms with Crippen LogP contribution in [0.4, 0.5) is 0 Å². The molecule has 0 aliphatic carbocycles. The van der Waals surface area contributed by atoms with Crippen LogP contribution in [0.15, 0.2) is 4.99 Å². The van der Waals surface area contributed by atoms with E-state index in [1.54, 1.807) is 0 Å². The summed E-state index contributed by atoms with van der Waals surface area (Å²) in [4.78, 5) is 6.92. The van der Waals surface area contributed by atoms with Crippen LogP contribution in [-0.4, -0.2) is 48.6 Å². The summed E-state index contributed by atoms with van der Waals surface area (Å²) in [6.45, 7) is 16.8. The largest absolute Gasteiger partial charge is 0.355 e. The highest BCUT2D eigenvalue weighted by molar-refractivity contribution is 14.0. The van der Waals surface area contributed by atoms with Gasteiger partial charge in [-0.05, 0) is 59.9 Å². The van der Waals surface area contributed by atoms with Crippen molar-refractivity contribution in [3.63, 3.8) is 0 Å². The number of guanidine groups is 1. The van der Waals surface area contributed by atoms with Gasteiger partial charge >= 0.3 is 0 Å². The summed E-state index contributed by atoms with van der Waals surface area (Å²) in [6.07, 6.45) is 2.69. The fourth-order valence-corrected chi connectivity index (χ4v) is 2.69. The van der Waals surface area contributed by atoms with E-state index in [4.69, 9.17) is 0 Å². The Kier molecular flexibility index (Phi) is 8.54. The second kappa shape index (κ2) is 8.56. The zero-order chi connectivity index (χ0) is 15.4. The zero-order valence-electron chi connectivity index (χ0n) is 14.9. The van der Waals surface area contributed by atoms with Crippen molar-refractivity contribution >= 4 is 29.9 Å². The minimum atomic E-state index is 0. The lowest BCUT2D eigenvalue weighted by Crippen LogP contribution is -2.57. The van der Waals surface area contributed by atoms with Crippen molar-refractivity contribution in [3.05, 3.63) is 0 Å². The summed E-state index contributed by atoms with van der Waals surface area (Å²) >= 11 is 0. The molecule has 0 aromatic carbocycles. The molecule has 0 spiro atoms. The molecule has 2 N–H and O–H groups in total. The fourth-order valence-electron chi connectivity index (χ4n) is 2.69. The van der Waals surface area contributed by atoms with Crippen molar-refractivity contribution in [3.8, 4) is 0 Å². The molecule has 1 saturated heterocycles. The van der Waals surface area contributed by atoms with Crippen LogP contribution in [0.1, 0.15) is 54.4 Å². The Bertz CT molecular complexity index is 334. The summed E-state index contributed by atoms with van der Waals surface area (Å²) in [7, 11) is 1.83. The number of nitrogens with one attached hydrogen (secondary N) is 2. The highest BCUT2D eigenvalue weighted by Crippen LogP contribution is 2.23. The minimum Gasteiger partial charge on any atom is -0.355 e. The predicted molar refractivity (Wildman–Crippen MR) is 104 cm³/mol. The molecule has 0 saturated carbocycles. The number of rotatable bonds is 3. The maximum Gasteiger partial charge on any atom is 0.191 e. The van der Waals surface area contributed by atoms with Gasteiger partial charge in [-0.3, -0.25) is 9.89 Å². The quantitative estimate of drug-likeness (QED) is 0.427. The average Bonchev–Trinajstić information content (AvgIpc) is 2.33. The van der Waals surface area contributed by atoms with Crippen LogP contribution in [0.3, 0.4) is 0 Å². The van der Waals surface area contributed by atoms with Gasteiger partial charge in [-0.1, -0.05) is 6.92 Å². The summed E-state index contributed by atoms with van der Waals surface area (Å²) in [5.41, 5.74) is 0.190. The maximum atomic E-state index is 4.31. The van der Waals surface area contributed by atoms with E-state index in [1.165, 1.54) is 25.9 Å². The monoisotopic (exact) mass is 410 g/mol. The lowest BCUT2D eigenvalue weighted by atomic mass is 9.93. The van der Waals surface area contributed by atoms with Gasteiger partial charge in [0.2, 0.25) is 0 Å². The van der Waals surface area contributed by atoms with E-state index in [2.05, 4.69) is 62.1 Å². The van der Waals surface area contributed by atoms with Gasteiger partial charge in [0, 0.05) is 31.2 Å². The third kappa shape index (κ3) is 7.68. The second-order valence-electron chi connectivity index (χ2n) is 7.81. The zero-order valence-corrected chi connectivity index (χ0v) is 17.2. The van der Waals surface area contributed by atoms with Gasteiger partial charge in [0.15, 0.2) is 5.96 Å². The molecule has 1 rings (SSSR count). The summed E-state index contributed by atoms with van der Waals surface area (Å²) < 4.78 is 0. The molecule has 5 heteroatoms. The molecule has 1 atom stereocenters. The Morgan fingerprint density at radius 3 is 2.33 bits per heavy atom. The van der Waals surface area contributed by atoms with Crippen molar-refractivity contribution in [2.24, 2.45) is 10.9 Å². The average molecular weight is 410 g/mol. The SMILES string of the molecule is CN=C(NCC(C)(C)N1CCCC(C)C1)NC(C)(C)C.I. The topological polar surface area (TPSA) is 39.7 Å². The Labute approximate surface area is 148 Å². The first kappa shape index (κ1) is 21.0.